The predicted octanol–water partition coefficient (Wildman–Crippen LogP) is 4.77. The summed E-state index contributed by atoms with van der Waals surface area (Å²) in [4.78, 5) is 4.74. The molecule has 0 unspecified atom stereocenters. The van der Waals surface area contributed by atoms with Gasteiger partial charge in [-0.1, -0.05) is 26.0 Å². The van der Waals surface area contributed by atoms with Gasteiger partial charge >= 0.3 is 0 Å². The molecule has 0 aliphatic rings. The number of aromatic nitrogens is 1. The number of aryl methyl sites for hydroxylation is 1. The van der Waals surface area contributed by atoms with Gasteiger partial charge in [0.05, 0.1) is 6.61 Å². The van der Waals surface area contributed by atoms with Crippen molar-refractivity contribution < 1.29 is 9.13 Å². The number of rotatable bonds is 4. The molecule has 0 fully saturated rings. The second-order valence-corrected chi connectivity index (χ2v) is 5.66. The minimum Gasteiger partial charge on any atom is -0.380 e. The van der Waals surface area contributed by atoms with Gasteiger partial charge in [-0.05, 0) is 48.6 Å². The average Bonchev–Trinajstić information content (AvgIpc) is 2.44. The molecule has 0 amide bonds. The van der Waals surface area contributed by atoms with Crippen LogP contribution in [0, 0.1) is 19.7 Å². The van der Waals surface area contributed by atoms with E-state index in [1.54, 1.807) is 7.11 Å². The average molecular weight is 287 g/mol. The van der Waals surface area contributed by atoms with Gasteiger partial charge in [-0.25, -0.2) is 4.39 Å². The van der Waals surface area contributed by atoms with Crippen LogP contribution < -0.4 is 0 Å². The van der Waals surface area contributed by atoms with Gasteiger partial charge < -0.3 is 4.74 Å². The van der Waals surface area contributed by atoms with Crippen LogP contribution in [-0.2, 0) is 11.3 Å². The molecule has 0 aliphatic carbocycles. The molecule has 2 nitrogen and oxygen atoms in total. The van der Waals surface area contributed by atoms with Crippen molar-refractivity contribution in [1.82, 2.24) is 4.98 Å². The molecule has 2 aromatic rings. The van der Waals surface area contributed by atoms with E-state index in [1.165, 1.54) is 12.1 Å². The molecule has 0 radical (unpaired) electrons. The molecular formula is C18H22FNO. The Hall–Kier alpha value is -1.74. The first-order valence-electron chi connectivity index (χ1n) is 7.20. The van der Waals surface area contributed by atoms with Gasteiger partial charge in [-0.15, -0.1) is 0 Å². The summed E-state index contributed by atoms with van der Waals surface area (Å²) < 4.78 is 18.5. The molecular weight excluding hydrogens is 265 g/mol. The van der Waals surface area contributed by atoms with Crippen LogP contribution in [0.25, 0.3) is 11.1 Å². The van der Waals surface area contributed by atoms with Crippen molar-refractivity contribution in [1.29, 1.82) is 0 Å². The highest BCUT2D eigenvalue weighted by Gasteiger charge is 2.18. The maximum atomic E-state index is 13.2. The van der Waals surface area contributed by atoms with Gasteiger partial charge in [0, 0.05) is 24.1 Å². The predicted molar refractivity (Wildman–Crippen MR) is 83.9 cm³/mol. The van der Waals surface area contributed by atoms with Gasteiger partial charge in [0.25, 0.3) is 0 Å². The van der Waals surface area contributed by atoms with Gasteiger partial charge in [-0.2, -0.15) is 0 Å². The summed E-state index contributed by atoms with van der Waals surface area (Å²) in [6, 6.07) is 6.63. The second kappa shape index (κ2) is 6.35. The fourth-order valence-corrected chi connectivity index (χ4v) is 2.76. The number of hydrogen-bond donors (Lipinski definition) is 0. The molecule has 0 N–H and O–H groups in total. The maximum absolute atomic E-state index is 13.2. The van der Waals surface area contributed by atoms with E-state index >= 15 is 0 Å². The van der Waals surface area contributed by atoms with Crippen molar-refractivity contribution in [3.63, 3.8) is 0 Å². The maximum Gasteiger partial charge on any atom is 0.123 e. The quantitative estimate of drug-likeness (QED) is 0.807. The van der Waals surface area contributed by atoms with E-state index in [1.807, 2.05) is 19.1 Å². The summed E-state index contributed by atoms with van der Waals surface area (Å²) in [5.74, 6) is 0.124. The molecule has 3 heteroatoms. The van der Waals surface area contributed by atoms with Gasteiger partial charge in [0.15, 0.2) is 0 Å². The Bertz CT molecular complexity index is 633. The molecule has 0 saturated carbocycles. The molecule has 1 heterocycles. The van der Waals surface area contributed by atoms with Crippen LogP contribution in [0.1, 0.15) is 42.3 Å². The van der Waals surface area contributed by atoms with E-state index in [9.17, 15) is 4.39 Å². The lowest BCUT2D eigenvalue weighted by Crippen LogP contribution is -2.07. The fourth-order valence-electron chi connectivity index (χ4n) is 2.76. The van der Waals surface area contributed by atoms with Crippen molar-refractivity contribution in [2.45, 2.75) is 40.2 Å². The lowest BCUT2D eigenvalue weighted by atomic mass is 9.90. The fraction of sp³-hybridized carbons (Fsp3) is 0.389. The number of benzene rings is 1. The van der Waals surface area contributed by atoms with E-state index in [-0.39, 0.29) is 5.82 Å². The molecule has 1 aromatic carbocycles. The first-order chi connectivity index (χ1) is 9.95. The smallest absolute Gasteiger partial charge is 0.123 e. The Morgan fingerprint density at radius 1 is 1.14 bits per heavy atom. The number of hydrogen-bond acceptors (Lipinski definition) is 2. The highest BCUT2D eigenvalue weighted by atomic mass is 19.1. The van der Waals surface area contributed by atoms with Crippen molar-refractivity contribution in [3.8, 4) is 11.1 Å². The standard InChI is InChI=1S/C18H22FNO/c1-11(2)18-12(3)17(14-6-8-15(19)9-7-14)16(10-21-5)13(4)20-18/h6-9,11H,10H2,1-5H3. The molecule has 0 spiro atoms. The zero-order valence-electron chi connectivity index (χ0n) is 13.3. The number of pyridine rings is 1. The lowest BCUT2D eigenvalue weighted by molar-refractivity contribution is 0.184. The molecule has 0 bridgehead atoms. The first-order valence-corrected chi connectivity index (χ1v) is 7.20. The minimum absolute atomic E-state index is 0.223. The lowest BCUT2D eigenvalue weighted by Gasteiger charge is -2.20. The van der Waals surface area contributed by atoms with E-state index in [0.29, 0.717) is 12.5 Å². The van der Waals surface area contributed by atoms with Gasteiger partial charge in [0.1, 0.15) is 5.82 Å². The van der Waals surface area contributed by atoms with Crippen molar-refractivity contribution >= 4 is 0 Å². The zero-order chi connectivity index (χ0) is 15.6. The normalized spacial score (nSPS) is 11.2. The highest BCUT2D eigenvalue weighted by molar-refractivity contribution is 5.72. The Morgan fingerprint density at radius 3 is 2.29 bits per heavy atom. The molecule has 0 atom stereocenters. The third-order valence-corrected chi connectivity index (χ3v) is 3.75. The third kappa shape index (κ3) is 3.13. The summed E-state index contributed by atoms with van der Waals surface area (Å²) >= 11 is 0. The second-order valence-electron chi connectivity index (χ2n) is 5.66. The molecule has 2 rings (SSSR count). The van der Waals surface area contributed by atoms with Crippen LogP contribution in [0.2, 0.25) is 0 Å². The summed E-state index contributed by atoms with van der Waals surface area (Å²) in [5.41, 5.74) is 6.42. The third-order valence-electron chi connectivity index (χ3n) is 3.75. The van der Waals surface area contributed by atoms with Gasteiger partial charge in [0.2, 0.25) is 0 Å². The van der Waals surface area contributed by atoms with Crippen LogP contribution >= 0.6 is 0 Å². The Kier molecular flexibility index (Phi) is 4.73. The molecule has 0 aliphatic heterocycles. The molecule has 1 aromatic heterocycles. The largest absolute Gasteiger partial charge is 0.380 e. The zero-order valence-corrected chi connectivity index (χ0v) is 13.3. The number of ether oxygens (including phenoxy) is 1. The monoisotopic (exact) mass is 287 g/mol. The number of nitrogens with zero attached hydrogens (tertiary/aromatic N) is 1. The first kappa shape index (κ1) is 15.6. The van der Waals surface area contributed by atoms with E-state index in [0.717, 1.165) is 33.6 Å². The van der Waals surface area contributed by atoms with Crippen LogP contribution in [-0.4, -0.2) is 12.1 Å². The van der Waals surface area contributed by atoms with E-state index in [2.05, 4.69) is 20.8 Å². The summed E-state index contributed by atoms with van der Waals surface area (Å²) in [5, 5.41) is 0. The van der Waals surface area contributed by atoms with Crippen LogP contribution in [0.3, 0.4) is 0 Å². The Balaban J connectivity index is 2.73. The van der Waals surface area contributed by atoms with Crippen molar-refractivity contribution in [2.24, 2.45) is 0 Å². The summed E-state index contributed by atoms with van der Waals surface area (Å²) in [6.45, 7) is 8.87. The van der Waals surface area contributed by atoms with E-state index in [4.69, 9.17) is 9.72 Å². The Labute approximate surface area is 126 Å². The van der Waals surface area contributed by atoms with Crippen molar-refractivity contribution in [2.75, 3.05) is 7.11 Å². The highest BCUT2D eigenvalue weighted by Crippen LogP contribution is 2.33. The topological polar surface area (TPSA) is 22.1 Å². The Morgan fingerprint density at radius 2 is 1.76 bits per heavy atom. The molecule has 0 saturated heterocycles. The molecule has 112 valence electrons. The molecule has 21 heavy (non-hydrogen) atoms. The minimum atomic E-state index is -0.223. The SMILES string of the molecule is COCc1c(C)nc(C(C)C)c(C)c1-c1ccc(F)cc1. The van der Waals surface area contributed by atoms with Crippen LogP contribution in [0.5, 0.6) is 0 Å². The van der Waals surface area contributed by atoms with Crippen LogP contribution in [0.4, 0.5) is 4.39 Å². The number of methoxy groups -OCH3 is 1. The van der Waals surface area contributed by atoms with Gasteiger partial charge in [-0.3, -0.25) is 4.98 Å². The summed E-state index contributed by atoms with van der Waals surface area (Å²) in [7, 11) is 1.68. The van der Waals surface area contributed by atoms with Crippen molar-refractivity contribution in [3.05, 3.63) is 52.6 Å². The number of halogens is 1. The summed E-state index contributed by atoms with van der Waals surface area (Å²) in [6.07, 6.45) is 0. The van der Waals surface area contributed by atoms with Crippen LogP contribution in [0.15, 0.2) is 24.3 Å². The van der Waals surface area contributed by atoms with E-state index < -0.39 is 0 Å².